The number of aromatic nitrogens is 2. The number of halogens is 3. The highest BCUT2D eigenvalue weighted by Crippen LogP contribution is 2.32. The van der Waals surface area contributed by atoms with Gasteiger partial charge in [-0.2, -0.15) is 18.3 Å². The predicted octanol–water partition coefficient (Wildman–Crippen LogP) is 3.53. The van der Waals surface area contributed by atoms with Crippen molar-refractivity contribution in [3.63, 3.8) is 0 Å². The molecule has 28 heavy (non-hydrogen) atoms. The summed E-state index contributed by atoms with van der Waals surface area (Å²) in [7, 11) is 0. The zero-order valence-corrected chi connectivity index (χ0v) is 16.0. The van der Waals surface area contributed by atoms with Crippen LogP contribution in [0.15, 0.2) is 36.5 Å². The minimum absolute atomic E-state index is 0.199. The smallest absolute Gasteiger partial charge is 0.350 e. The van der Waals surface area contributed by atoms with Gasteiger partial charge in [0.15, 0.2) is 0 Å². The summed E-state index contributed by atoms with van der Waals surface area (Å²) in [5.41, 5.74) is -0.525. The van der Waals surface area contributed by atoms with E-state index in [-0.39, 0.29) is 18.5 Å². The van der Waals surface area contributed by atoms with Crippen molar-refractivity contribution in [3.8, 4) is 0 Å². The van der Waals surface area contributed by atoms with Crippen molar-refractivity contribution in [1.82, 2.24) is 20.4 Å². The van der Waals surface area contributed by atoms with Crippen molar-refractivity contribution in [2.75, 3.05) is 19.6 Å². The fraction of sp³-hybridized carbons (Fsp3) is 0.500. The highest BCUT2D eigenvalue weighted by molar-refractivity contribution is 5.92. The Hall–Kier alpha value is -2.35. The number of nitrogens with zero attached hydrogens (tertiary/aromatic N) is 2. The number of carbonyl (C=O) groups is 1. The second-order valence-electron chi connectivity index (χ2n) is 7.83. The van der Waals surface area contributed by atoms with Crippen molar-refractivity contribution in [3.05, 3.63) is 53.3 Å². The van der Waals surface area contributed by atoms with E-state index in [1.165, 1.54) is 6.07 Å². The first-order valence-electron chi connectivity index (χ1n) is 9.39. The molecule has 1 fully saturated rings. The van der Waals surface area contributed by atoms with Crippen LogP contribution in [0.4, 0.5) is 13.2 Å². The van der Waals surface area contributed by atoms with Crippen LogP contribution in [-0.4, -0.2) is 35.3 Å². The zero-order valence-electron chi connectivity index (χ0n) is 16.0. The Morgan fingerprint density at radius 2 is 2.04 bits per heavy atom. The lowest BCUT2D eigenvalue weighted by atomic mass is 9.83. The van der Waals surface area contributed by atoms with Gasteiger partial charge in [-0.25, -0.2) is 0 Å². The highest BCUT2D eigenvalue weighted by atomic mass is 19.4. The van der Waals surface area contributed by atoms with Crippen molar-refractivity contribution in [1.29, 1.82) is 0 Å². The third-order valence-electron chi connectivity index (χ3n) is 5.15. The van der Waals surface area contributed by atoms with Gasteiger partial charge < -0.3 is 10.6 Å². The third-order valence-corrected chi connectivity index (χ3v) is 5.15. The number of hydrogen-bond acceptors (Lipinski definition) is 3. The second-order valence-corrected chi connectivity index (χ2v) is 7.83. The molecule has 0 radical (unpaired) electrons. The van der Waals surface area contributed by atoms with E-state index < -0.39 is 17.2 Å². The van der Waals surface area contributed by atoms with E-state index >= 15 is 0 Å². The Morgan fingerprint density at radius 3 is 2.71 bits per heavy atom. The molecule has 8 heteroatoms. The van der Waals surface area contributed by atoms with E-state index in [1.807, 2.05) is 0 Å². The molecule has 0 spiro atoms. The fourth-order valence-corrected chi connectivity index (χ4v) is 3.33. The zero-order chi connectivity index (χ0) is 20.4. The minimum Gasteiger partial charge on any atom is -0.350 e. The molecule has 1 atom stereocenters. The van der Waals surface area contributed by atoms with Gasteiger partial charge in [-0.15, -0.1) is 0 Å². The van der Waals surface area contributed by atoms with Gasteiger partial charge in [-0.05, 0) is 37.1 Å². The Balaban J connectivity index is 1.64. The van der Waals surface area contributed by atoms with E-state index in [9.17, 15) is 18.0 Å². The molecule has 1 unspecified atom stereocenters. The molecule has 2 heterocycles. The third kappa shape index (κ3) is 4.73. The van der Waals surface area contributed by atoms with Gasteiger partial charge in [0.2, 0.25) is 0 Å². The quantitative estimate of drug-likeness (QED) is 0.816. The standard InChI is InChI=1S/C20H25F3N4O/c1-19(2,14-5-3-6-15(11-14)20(21,22)23)13-25-18(28)17-8-10-27(26-17)16-7-4-9-24-12-16/h3,5-6,8,10-11,16,24H,4,7,9,12-13H2,1-2H3,(H,25,28). The van der Waals surface area contributed by atoms with Crippen LogP contribution in [-0.2, 0) is 11.6 Å². The number of nitrogens with one attached hydrogen (secondary N) is 2. The monoisotopic (exact) mass is 394 g/mol. The maximum Gasteiger partial charge on any atom is 0.416 e. The van der Waals surface area contributed by atoms with E-state index in [0.717, 1.165) is 38.1 Å². The summed E-state index contributed by atoms with van der Waals surface area (Å²) in [4.78, 5) is 12.5. The summed E-state index contributed by atoms with van der Waals surface area (Å²) in [6.45, 7) is 5.62. The molecule has 152 valence electrons. The molecule has 1 aliphatic heterocycles. The van der Waals surface area contributed by atoms with Crippen LogP contribution in [0.1, 0.15) is 54.3 Å². The maximum absolute atomic E-state index is 13.0. The van der Waals surface area contributed by atoms with Gasteiger partial charge in [0.1, 0.15) is 5.69 Å². The molecule has 1 aliphatic rings. The minimum atomic E-state index is -4.39. The van der Waals surface area contributed by atoms with E-state index in [4.69, 9.17) is 0 Å². The molecular weight excluding hydrogens is 369 g/mol. The lowest BCUT2D eigenvalue weighted by Gasteiger charge is -2.26. The van der Waals surface area contributed by atoms with Crippen molar-refractivity contribution in [2.45, 2.75) is 44.3 Å². The van der Waals surface area contributed by atoms with Gasteiger partial charge in [0, 0.05) is 24.7 Å². The SMILES string of the molecule is CC(C)(CNC(=O)c1ccn(C2CCCNC2)n1)c1cccc(C(F)(F)F)c1. The van der Waals surface area contributed by atoms with Gasteiger partial charge in [-0.3, -0.25) is 9.48 Å². The molecule has 1 aromatic heterocycles. The fourth-order valence-electron chi connectivity index (χ4n) is 3.33. The van der Waals surface area contributed by atoms with Gasteiger partial charge in [0.05, 0.1) is 11.6 Å². The summed E-state index contributed by atoms with van der Waals surface area (Å²) >= 11 is 0. The topological polar surface area (TPSA) is 59.0 Å². The van der Waals surface area contributed by atoms with Crippen LogP contribution >= 0.6 is 0 Å². The van der Waals surface area contributed by atoms with Gasteiger partial charge in [-0.1, -0.05) is 32.0 Å². The summed E-state index contributed by atoms with van der Waals surface area (Å²) in [6, 6.07) is 7.12. The molecule has 3 rings (SSSR count). The van der Waals surface area contributed by atoms with E-state index in [0.29, 0.717) is 11.3 Å². The Kier molecular flexibility index (Phi) is 5.79. The van der Waals surface area contributed by atoms with Crippen LogP contribution in [0.5, 0.6) is 0 Å². The molecule has 0 aliphatic carbocycles. The van der Waals surface area contributed by atoms with Gasteiger partial charge in [0.25, 0.3) is 5.91 Å². The largest absolute Gasteiger partial charge is 0.416 e. The summed E-state index contributed by atoms with van der Waals surface area (Å²) in [5, 5.41) is 10.5. The van der Waals surface area contributed by atoms with Crippen molar-refractivity contribution < 1.29 is 18.0 Å². The Bertz CT molecular complexity index is 823. The lowest BCUT2D eigenvalue weighted by molar-refractivity contribution is -0.137. The molecule has 1 aromatic carbocycles. The van der Waals surface area contributed by atoms with E-state index in [2.05, 4.69) is 15.7 Å². The maximum atomic E-state index is 13.0. The summed E-state index contributed by atoms with van der Waals surface area (Å²) in [5.74, 6) is -0.331. The van der Waals surface area contributed by atoms with Crippen LogP contribution in [0.3, 0.4) is 0 Å². The number of carbonyl (C=O) groups excluding carboxylic acids is 1. The molecular formula is C20H25F3N4O. The predicted molar refractivity (Wildman–Crippen MR) is 100 cm³/mol. The molecule has 2 N–H and O–H groups in total. The molecule has 1 amide bonds. The van der Waals surface area contributed by atoms with Gasteiger partial charge >= 0.3 is 6.18 Å². The van der Waals surface area contributed by atoms with E-state index in [1.54, 1.807) is 36.9 Å². The van der Waals surface area contributed by atoms with Crippen LogP contribution in [0, 0.1) is 0 Å². The van der Waals surface area contributed by atoms with Crippen LogP contribution < -0.4 is 10.6 Å². The summed E-state index contributed by atoms with van der Waals surface area (Å²) < 4.78 is 40.7. The molecule has 5 nitrogen and oxygen atoms in total. The van der Waals surface area contributed by atoms with Crippen LogP contribution in [0.25, 0.3) is 0 Å². The summed E-state index contributed by atoms with van der Waals surface area (Å²) in [6.07, 6.45) is -0.518. The van der Waals surface area contributed by atoms with Crippen LogP contribution in [0.2, 0.25) is 0 Å². The average molecular weight is 394 g/mol. The molecule has 0 saturated carbocycles. The second kappa shape index (κ2) is 7.95. The Labute approximate surface area is 162 Å². The number of rotatable bonds is 5. The number of alkyl halides is 3. The number of amides is 1. The Morgan fingerprint density at radius 1 is 1.29 bits per heavy atom. The molecule has 2 aromatic rings. The first kappa shape index (κ1) is 20.4. The number of hydrogen-bond donors (Lipinski definition) is 2. The lowest BCUT2D eigenvalue weighted by Crippen LogP contribution is -2.37. The molecule has 0 bridgehead atoms. The van der Waals surface area contributed by atoms with Crippen molar-refractivity contribution >= 4 is 5.91 Å². The first-order valence-corrected chi connectivity index (χ1v) is 9.39. The average Bonchev–Trinajstić information content (AvgIpc) is 3.17. The van der Waals surface area contributed by atoms with Crippen molar-refractivity contribution in [2.24, 2.45) is 0 Å². The number of piperidine rings is 1. The molecule has 1 saturated heterocycles. The first-order chi connectivity index (χ1) is 13.2. The highest BCUT2D eigenvalue weighted by Gasteiger charge is 2.32. The number of benzene rings is 1. The normalized spacial score (nSPS) is 18.1.